The van der Waals surface area contributed by atoms with E-state index < -0.39 is 0 Å². The number of nitrogen functional groups attached to an aromatic ring is 1. The Morgan fingerprint density at radius 1 is 1.17 bits per heavy atom. The molecule has 3 nitrogen and oxygen atoms in total. The number of ether oxygens (including phenoxy) is 1. The lowest BCUT2D eigenvalue weighted by Crippen LogP contribution is -1.94. The predicted molar refractivity (Wildman–Crippen MR) is 74.5 cm³/mol. The van der Waals surface area contributed by atoms with Crippen molar-refractivity contribution < 1.29 is 4.74 Å². The van der Waals surface area contributed by atoms with Crippen molar-refractivity contribution in [2.24, 2.45) is 0 Å². The second-order valence-corrected chi connectivity index (χ2v) is 4.81. The molecule has 0 atom stereocenters. The first-order valence-electron chi connectivity index (χ1n) is 5.34. The van der Waals surface area contributed by atoms with Gasteiger partial charge in [0.25, 0.3) is 0 Å². The zero-order valence-corrected chi connectivity index (χ0v) is 11.4. The average molecular weight is 303 g/mol. The molecule has 2 aromatic rings. The van der Waals surface area contributed by atoms with Gasteiger partial charge in [-0.15, -0.1) is 0 Å². The van der Waals surface area contributed by atoms with Crippen molar-refractivity contribution in [1.29, 1.82) is 5.26 Å². The number of anilines is 1. The van der Waals surface area contributed by atoms with Crippen molar-refractivity contribution in [3.05, 3.63) is 52.0 Å². The molecule has 2 rings (SSSR count). The highest BCUT2D eigenvalue weighted by atomic mass is 79.9. The van der Waals surface area contributed by atoms with Crippen LogP contribution in [0.5, 0.6) is 11.5 Å². The Kier molecular flexibility index (Phi) is 3.54. The summed E-state index contributed by atoms with van der Waals surface area (Å²) in [6.07, 6.45) is 0. The standard InChI is InChI=1S/C14H11BrN2O/c1-9-2-4-13(10(6-9)8-16)18-14-5-3-11(15)7-12(14)17/h2-7H,17H2,1H3. The molecule has 2 aromatic carbocycles. The molecule has 0 amide bonds. The minimum atomic E-state index is 0.498. The maximum absolute atomic E-state index is 9.07. The van der Waals surface area contributed by atoms with Gasteiger partial charge in [-0.3, -0.25) is 0 Å². The Bertz CT molecular complexity index is 632. The van der Waals surface area contributed by atoms with Crippen LogP contribution in [0.2, 0.25) is 0 Å². The van der Waals surface area contributed by atoms with E-state index in [1.54, 1.807) is 24.3 Å². The summed E-state index contributed by atoms with van der Waals surface area (Å²) in [7, 11) is 0. The van der Waals surface area contributed by atoms with Crippen LogP contribution in [0.15, 0.2) is 40.9 Å². The number of nitrogens with two attached hydrogens (primary N) is 1. The number of rotatable bonds is 2. The molecular weight excluding hydrogens is 292 g/mol. The lowest BCUT2D eigenvalue weighted by molar-refractivity contribution is 0.483. The zero-order chi connectivity index (χ0) is 13.1. The fourth-order valence-electron chi connectivity index (χ4n) is 1.55. The second kappa shape index (κ2) is 5.11. The van der Waals surface area contributed by atoms with Gasteiger partial charge in [0.2, 0.25) is 0 Å². The van der Waals surface area contributed by atoms with E-state index in [4.69, 9.17) is 15.7 Å². The van der Waals surface area contributed by atoms with Crippen LogP contribution in [-0.2, 0) is 0 Å². The molecule has 0 aromatic heterocycles. The number of nitriles is 1. The number of hydrogen-bond donors (Lipinski definition) is 1. The van der Waals surface area contributed by atoms with Crippen molar-refractivity contribution in [3.8, 4) is 17.6 Å². The van der Waals surface area contributed by atoms with Gasteiger partial charge in [0.05, 0.1) is 11.3 Å². The van der Waals surface area contributed by atoms with Crippen LogP contribution in [0.4, 0.5) is 5.69 Å². The van der Waals surface area contributed by atoms with Gasteiger partial charge in [0.1, 0.15) is 17.6 Å². The number of hydrogen-bond acceptors (Lipinski definition) is 3. The van der Waals surface area contributed by atoms with E-state index in [-0.39, 0.29) is 0 Å². The summed E-state index contributed by atoms with van der Waals surface area (Å²) < 4.78 is 6.56. The Morgan fingerprint density at radius 3 is 2.56 bits per heavy atom. The summed E-state index contributed by atoms with van der Waals surface area (Å²) in [4.78, 5) is 0. The van der Waals surface area contributed by atoms with Crippen LogP contribution in [0.3, 0.4) is 0 Å². The van der Waals surface area contributed by atoms with Gasteiger partial charge >= 0.3 is 0 Å². The molecule has 0 aliphatic carbocycles. The molecular formula is C14H11BrN2O. The van der Waals surface area contributed by atoms with Crippen LogP contribution < -0.4 is 10.5 Å². The molecule has 0 radical (unpaired) electrons. The van der Waals surface area contributed by atoms with E-state index in [1.165, 1.54) is 0 Å². The SMILES string of the molecule is Cc1ccc(Oc2ccc(Br)cc2N)c(C#N)c1. The Balaban J connectivity index is 2.37. The zero-order valence-electron chi connectivity index (χ0n) is 9.77. The third kappa shape index (κ3) is 2.63. The van der Waals surface area contributed by atoms with Crippen LogP contribution >= 0.6 is 15.9 Å². The molecule has 0 spiro atoms. The fourth-order valence-corrected chi connectivity index (χ4v) is 1.93. The Morgan fingerprint density at radius 2 is 1.89 bits per heavy atom. The summed E-state index contributed by atoms with van der Waals surface area (Å²) in [5.41, 5.74) is 7.89. The first-order valence-corrected chi connectivity index (χ1v) is 6.13. The molecule has 0 fully saturated rings. The van der Waals surface area contributed by atoms with Gasteiger partial charge in [0, 0.05) is 4.47 Å². The van der Waals surface area contributed by atoms with Gasteiger partial charge in [-0.2, -0.15) is 5.26 Å². The predicted octanol–water partition coefficient (Wildman–Crippen LogP) is 4.00. The molecule has 0 heterocycles. The summed E-state index contributed by atoms with van der Waals surface area (Å²) in [6.45, 7) is 1.93. The Labute approximate surface area is 114 Å². The molecule has 2 N–H and O–H groups in total. The van der Waals surface area contributed by atoms with Gasteiger partial charge < -0.3 is 10.5 Å². The van der Waals surface area contributed by atoms with E-state index in [9.17, 15) is 0 Å². The highest BCUT2D eigenvalue weighted by Gasteiger charge is 2.07. The molecule has 0 saturated carbocycles. The van der Waals surface area contributed by atoms with E-state index in [0.29, 0.717) is 22.7 Å². The molecule has 0 aliphatic rings. The van der Waals surface area contributed by atoms with Gasteiger partial charge in [-0.1, -0.05) is 22.0 Å². The van der Waals surface area contributed by atoms with Gasteiger partial charge in [-0.05, 0) is 42.8 Å². The first-order chi connectivity index (χ1) is 8.60. The molecule has 90 valence electrons. The minimum absolute atomic E-state index is 0.498. The largest absolute Gasteiger partial charge is 0.454 e. The van der Waals surface area contributed by atoms with Crippen LogP contribution in [0.25, 0.3) is 0 Å². The number of halogens is 1. The summed E-state index contributed by atoms with van der Waals surface area (Å²) in [6, 6.07) is 12.9. The van der Waals surface area contributed by atoms with E-state index in [2.05, 4.69) is 22.0 Å². The quantitative estimate of drug-likeness (QED) is 0.853. The van der Waals surface area contributed by atoms with Crippen molar-refractivity contribution >= 4 is 21.6 Å². The lowest BCUT2D eigenvalue weighted by Gasteiger charge is -2.10. The van der Waals surface area contributed by atoms with E-state index >= 15 is 0 Å². The van der Waals surface area contributed by atoms with Crippen LogP contribution in [0, 0.1) is 18.3 Å². The molecule has 0 unspecified atom stereocenters. The summed E-state index contributed by atoms with van der Waals surface area (Å²) in [5.74, 6) is 1.05. The van der Waals surface area contributed by atoms with Crippen molar-refractivity contribution in [3.63, 3.8) is 0 Å². The Hall–Kier alpha value is -1.99. The molecule has 0 aliphatic heterocycles. The number of nitrogens with zero attached hydrogens (tertiary/aromatic N) is 1. The third-order valence-corrected chi connectivity index (χ3v) is 2.94. The monoisotopic (exact) mass is 302 g/mol. The average Bonchev–Trinajstić information content (AvgIpc) is 2.34. The fraction of sp³-hybridized carbons (Fsp3) is 0.0714. The third-order valence-electron chi connectivity index (χ3n) is 2.45. The van der Waals surface area contributed by atoms with Crippen LogP contribution in [-0.4, -0.2) is 0 Å². The van der Waals surface area contributed by atoms with Crippen molar-refractivity contribution in [2.45, 2.75) is 6.92 Å². The number of benzene rings is 2. The van der Waals surface area contributed by atoms with E-state index in [0.717, 1.165) is 10.0 Å². The minimum Gasteiger partial charge on any atom is -0.454 e. The van der Waals surface area contributed by atoms with Gasteiger partial charge in [-0.25, -0.2) is 0 Å². The second-order valence-electron chi connectivity index (χ2n) is 3.90. The van der Waals surface area contributed by atoms with Gasteiger partial charge in [0.15, 0.2) is 0 Å². The van der Waals surface area contributed by atoms with Crippen LogP contribution in [0.1, 0.15) is 11.1 Å². The van der Waals surface area contributed by atoms with Crippen molar-refractivity contribution in [2.75, 3.05) is 5.73 Å². The lowest BCUT2D eigenvalue weighted by atomic mass is 10.1. The molecule has 0 saturated heterocycles. The van der Waals surface area contributed by atoms with Crippen molar-refractivity contribution in [1.82, 2.24) is 0 Å². The topological polar surface area (TPSA) is 59.0 Å². The maximum Gasteiger partial charge on any atom is 0.150 e. The smallest absolute Gasteiger partial charge is 0.150 e. The first kappa shape index (κ1) is 12.5. The summed E-state index contributed by atoms with van der Waals surface area (Å²) >= 11 is 3.33. The highest BCUT2D eigenvalue weighted by molar-refractivity contribution is 9.10. The molecule has 18 heavy (non-hydrogen) atoms. The summed E-state index contributed by atoms with van der Waals surface area (Å²) in [5, 5.41) is 9.07. The van der Waals surface area contributed by atoms with E-state index in [1.807, 2.05) is 19.1 Å². The molecule has 4 heteroatoms. The normalized spacial score (nSPS) is 9.83. The highest BCUT2D eigenvalue weighted by Crippen LogP contribution is 2.31. The maximum atomic E-state index is 9.07. The molecule has 0 bridgehead atoms. The number of aryl methyl sites for hydroxylation is 1.